The number of rotatable bonds is 6. The molecule has 0 saturated heterocycles. The molecule has 0 aliphatic heterocycles. The number of amides is 1. The number of nitro groups is 1. The first-order valence-electron chi connectivity index (χ1n) is 6.42. The minimum atomic E-state index is -0.500. The summed E-state index contributed by atoms with van der Waals surface area (Å²) in [7, 11) is 1.71. The van der Waals surface area contributed by atoms with Crippen LogP contribution in [0.1, 0.15) is 13.8 Å². The molecule has 0 fully saturated rings. The van der Waals surface area contributed by atoms with Crippen molar-refractivity contribution in [1.82, 2.24) is 4.90 Å². The van der Waals surface area contributed by atoms with Crippen LogP contribution in [-0.2, 0) is 4.79 Å². The number of benzene rings is 1. The van der Waals surface area contributed by atoms with Gasteiger partial charge in [-0.25, -0.2) is 0 Å². The molecular formula is C13H20N4O3. The fraction of sp³-hybridized carbons (Fsp3) is 0.462. The van der Waals surface area contributed by atoms with E-state index in [1.54, 1.807) is 22.9 Å². The van der Waals surface area contributed by atoms with Crippen LogP contribution in [0.2, 0.25) is 0 Å². The number of carbonyl (C=O) groups excluding carboxylic acids is 1. The molecule has 110 valence electrons. The summed E-state index contributed by atoms with van der Waals surface area (Å²) in [5.74, 6) is -0.0254. The van der Waals surface area contributed by atoms with E-state index in [1.807, 2.05) is 13.8 Å². The molecule has 20 heavy (non-hydrogen) atoms. The van der Waals surface area contributed by atoms with Gasteiger partial charge in [0.05, 0.1) is 11.5 Å². The first-order valence-corrected chi connectivity index (χ1v) is 6.42. The maximum atomic E-state index is 12.0. The van der Waals surface area contributed by atoms with Crippen LogP contribution in [0, 0.1) is 10.1 Å². The Morgan fingerprint density at radius 3 is 2.40 bits per heavy atom. The smallest absolute Gasteiger partial charge is 0.273 e. The van der Waals surface area contributed by atoms with E-state index >= 15 is 0 Å². The molecule has 0 aliphatic rings. The van der Waals surface area contributed by atoms with Crippen LogP contribution < -0.4 is 10.6 Å². The quantitative estimate of drug-likeness (QED) is 0.484. The SMILES string of the molecule is CCN(CC)C(=O)CN(C)c1cc(N)cc([N+](=O)[O-])c1. The highest BCUT2D eigenvalue weighted by Gasteiger charge is 2.15. The highest BCUT2D eigenvalue weighted by atomic mass is 16.6. The van der Waals surface area contributed by atoms with Crippen molar-refractivity contribution in [2.45, 2.75) is 13.8 Å². The monoisotopic (exact) mass is 280 g/mol. The molecule has 0 spiro atoms. The summed E-state index contributed by atoms with van der Waals surface area (Å²) in [6.45, 7) is 5.25. The van der Waals surface area contributed by atoms with Crippen LogP contribution in [0.5, 0.6) is 0 Å². The average molecular weight is 280 g/mol. The summed E-state index contributed by atoms with van der Waals surface area (Å²) in [4.78, 5) is 25.7. The highest BCUT2D eigenvalue weighted by molar-refractivity contribution is 5.81. The van der Waals surface area contributed by atoms with Crippen molar-refractivity contribution >= 4 is 23.0 Å². The fourth-order valence-corrected chi connectivity index (χ4v) is 1.91. The Labute approximate surface area is 118 Å². The summed E-state index contributed by atoms with van der Waals surface area (Å²) >= 11 is 0. The molecule has 1 aromatic rings. The maximum absolute atomic E-state index is 12.0. The summed E-state index contributed by atoms with van der Waals surface area (Å²) in [5, 5.41) is 10.8. The summed E-state index contributed by atoms with van der Waals surface area (Å²) in [6, 6.07) is 4.32. The molecule has 0 radical (unpaired) electrons. The number of hydrogen-bond donors (Lipinski definition) is 1. The summed E-state index contributed by atoms with van der Waals surface area (Å²) < 4.78 is 0. The number of nitrogen functional groups attached to an aromatic ring is 1. The Hall–Kier alpha value is -2.31. The summed E-state index contributed by atoms with van der Waals surface area (Å²) in [6.07, 6.45) is 0. The van der Waals surface area contributed by atoms with Gasteiger partial charge in [-0.3, -0.25) is 14.9 Å². The van der Waals surface area contributed by atoms with E-state index < -0.39 is 4.92 Å². The van der Waals surface area contributed by atoms with E-state index in [-0.39, 0.29) is 18.1 Å². The Kier molecular flexibility index (Phi) is 5.31. The molecule has 0 saturated carbocycles. The second kappa shape index (κ2) is 6.74. The van der Waals surface area contributed by atoms with Crippen molar-refractivity contribution in [2.24, 2.45) is 0 Å². The number of nitrogens with zero attached hydrogens (tertiary/aromatic N) is 3. The Morgan fingerprint density at radius 1 is 1.30 bits per heavy atom. The van der Waals surface area contributed by atoms with Gasteiger partial charge in [0.15, 0.2) is 0 Å². The largest absolute Gasteiger partial charge is 0.398 e. The van der Waals surface area contributed by atoms with Crippen LogP contribution in [0.3, 0.4) is 0 Å². The molecular weight excluding hydrogens is 260 g/mol. The third-order valence-electron chi connectivity index (χ3n) is 3.07. The van der Waals surface area contributed by atoms with Gasteiger partial charge >= 0.3 is 0 Å². The third-order valence-corrected chi connectivity index (χ3v) is 3.07. The van der Waals surface area contributed by atoms with Gasteiger partial charge in [0.2, 0.25) is 5.91 Å². The van der Waals surface area contributed by atoms with Crippen molar-refractivity contribution in [3.05, 3.63) is 28.3 Å². The predicted molar refractivity (Wildman–Crippen MR) is 78.7 cm³/mol. The highest BCUT2D eigenvalue weighted by Crippen LogP contribution is 2.24. The second-order valence-electron chi connectivity index (χ2n) is 4.46. The lowest BCUT2D eigenvalue weighted by atomic mass is 10.2. The van der Waals surface area contributed by atoms with E-state index in [4.69, 9.17) is 5.73 Å². The first kappa shape index (κ1) is 15.7. The number of nitrogens with two attached hydrogens (primary N) is 1. The van der Waals surface area contributed by atoms with Gasteiger partial charge in [-0.2, -0.15) is 0 Å². The lowest BCUT2D eigenvalue weighted by molar-refractivity contribution is -0.384. The van der Waals surface area contributed by atoms with Crippen molar-refractivity contribution in [3.63, 3.8) is 0 Å². The van der Waals surface area contributed by atoms with Gasteiger partial charge in [-0.15, -0.1) is 0 Å². The molecule has 7 heteroatoms. The number of carbonyl (C=O) groups is 1. The average Bonchev–Trinajstić information content (AvgIpc) is 2.39. The lowest BCUT2D eigenvalue weighted by Crippen LogP contribution is -2.38. The van der Waals surface area contributed by atoms with Crippen LogP contribution >= 0.6 is 0 Å². The van der Waals surface area contributed by atoms with Gasteiger partial charge in [-0.1, -0.05) is 0 Å². The molecule has 0 bridgehead atoms. The molecule has 2 N–H and O–H groups in total. The van der Waals surface area contributed by atoms with Gasteiger partial charge in [-0.05, 0) is 19.9 Å². The molecule has 0 unspecified atom stereocenters. The van der Waals surface area contributed by atoms with Crippen molar-refractivity contribution < 1.29 is 9.72 Å². The predicted octanol–water partition coefficient (Wildman–Crippen LogP) is 1.48. The van der Waals surface area contributed by atoms with E-state index in [0.717, 1.165) is 0 Å². The molecule has 1 rings (SSSR count). The Bertz CT molecular complexity index is 500. The van der Waals surface area contributed by atoms with E-state index in [1.165, 1.54) is 12.1 Å². The van der Waals surface area contributed by atoms with Crippen LogP contribution in [0.25, 0.3) is 0 Å². The van der Waals surface area contributed by atoms with Gasteiger partial charge in [0, 0.05) is 43.6 Å². The molecule has 0 aromatic heterocycles. The van der Waals surface area contributed by atoms with Crippen LogP contribution in [0.15, 0.2) is 18.2 Å². The number of non-ortho nitro benzene ring substituents is 1. The molecule has 7 nitrogen and oxygen atoms in total. The van der Waals surface area contributed by atoms with Gasteiger partial charge in [0.1, 0.15) is 0 Å². The zero-order chi connectivity index (χ0) is 15.3. The third kappa shape index (κ3) is 3.84. The van der Waals surface area contributed by atoms with Crippen molar-refractivity contribution in [1.29, 1.82) is 0 Å². The number of nitro benzene ring substituents is 1. The zero-order valence-corrected chi connectivity index (χ0v) is 12.0. The van der Waals surface area contributed by atoms with E-state index in [9.17, 15) is 14.9 Å². The van der Waals surface area contributed by atoms with E-state index in [0.29, 0.717) is 24.5 Å². The normalized spacial score (nSPS) is 10.2. The topological polar surface area (TPSA) is 92.7 Å². The minimum Gasteiger partial charge on any atom is -0.398 e. The Morgan fingerprint density at radius 2 is 1.90 bits per heavy atom. The number of anilines is 2. The molecule has 1 aromatic carbocycles. The number of likely N-dealkylation sites (N-methyl/N-ethyl adjacent to an activating group) is 2. The second-order valence-corrected chi connectivity index (χ2v) is 4.46. The minimum absolute atomic E-state index is 0.0254. The van der Waals surface area contributed by atoms with Crippen LogP contribution in [-0.4, -0.2) is 42.4 Å². The zero-order valence-electron chi connectivity index (χ0n) is 12.0. The lowest BCUT2D eigenvalue weighted by Gasteiger charge is -2.24. The first-order chi connectivity index (χ1) is 9.38. The van der Waals surface area contributed by atoms with Crippen molar-refractivity contribution in [2.75, 3.05) is 37.3 Å². The van der Waals surface area contributed by atoms with Gasteiger partial charge < -0.3 is 15.5 Å². The van der Waals surface area contributed by atoms with Gasteiger partial charge in [0.25, 0.3) is 5.69 Å². The fourth-order valence-electron chi connectivity index (χ4n) is 1.91. The van der Waals surface area contributed by atoms with Crippen LogP contribution in [0.4, 0.5) is 17.1 Å². The molecule has 0 atom stereocenters. The maximum Gasteiger partial charge on any atom is 0.273 e. The number of hydrogen-bond acceptors (Lipinski definition) is 5. The van der Waals surface area contributed by atoms with E-state index in [2.05, 4.69) is 0 Å². The summed E-state index contributed by atoms with van der Waals surface area (Å²) in [5.41, 5.74) is 6.43. The Balaban J connectivity index is 2.89. The standard InChI is InChI=1S/C13H20N4O3/c1-4-16(5-2)13(18)9-15(3)11-6-10(14)7-12(8-11)17(19)20/h6-8H,4-5,9,14H2,1-3H3. The molecule has 0 aliphatic carbocycles. The molecule has 1 amide bonds. The molecule has 0 heterocycles. The van der Waals surface area contributed by atoms with Crippen molar-refractivity contribution in [3.8, 4) is 0 Å².